The number of unbranched alkanes of at least 4 members (excludes halogenated alkanes) is 1. The standard InChI is InChI=1S/C24H23FN4O3S/c1-2-3-5-15-9-11-21(33-15)22-16(13-26)24(27)28(18-6-4-7-20(30)23(18)22)17-10-8-14(25)12-19(17)29(31)32/h8-12,22H,2-7,27H2,1H3. The molecule has 170 valence electrons. The van der Waals surface area contributed by atoms with E-state index in [-0.39, 0.29) is 22.9 Å². The van der Waals surface area contributed by atoms with Gasteiger partial charge < -0.3 is 5.73 Å². The van der Waals surface area contributed by atoms with Crippen LogP contribution in [0.5, 0.6) is 0 Å². The highest BCUT2D eigenvalue weighted by molar-refractivity contribution is 7.12. The van der Waals surface area contributed by atoms with Gasteiger partial charge in [0.15, 0.2) is 5.78 Å². The van der Waals surface area contributed by atoms with Crippen LogP contribution < -0.4 is 10.6 Å². The normalized spacial score (nSPS) is 18.4. The summed E-state index contributed by atoms with van der Waals surface area (Å²) < 4.78 is 13.8. The number of aryl methyl sites for hydroxylation is 1. The molecule has 7 nitrogen and oxygen atoms in total. The fraction of sp³-hybridized carbons (Fsp3) is 0.333. The zero-order chi connectivity index (χ0) is 23.7. The number of halogens is 1. The van der Waals surface area contributed by atoms with Crippen LogP contribution in [0.1, 0.15) is 54.7 Å². The third kappa shape index (κ3) is 4.02. The predicted octanol–water partition coefficient (Wildman–Crippen LogP) is 5.44. The molecule has 33 heavy (non-hydrogen) atoms. The van der Waals surface area contributed by atoms with E-state index in [0.29, 0.717) is 30.5 Å². The van der Waals surface area contributed by atoms with Gasteiger partial charge in [0.25, 0.3) is 5.69 Å². The lowest BCUT2D eigenvalue weighted by molar-refractivity contribution is -0.384. The van der Waals surface area contributed by atoms with Crippen molar-refractivity contribution in [1.82, 2.24) is 0 Å². The molecule has 1 aliphatic heterocycles. The number of carbonyl (C=O) groups excluding carboxylic acids is 1. The SMILES string of the molecule is CCCCc1ccc(C2C(C#N)=C(N)N(c3ccc(F)cc3[N+](=O)[O-])C3=C2C(=O)CCC3)s1. The van der Waals surface area contributed by atoms with Crippen molar-refractivity contribution in [2.45, 2.75) is 51.4 Å². The van der Waals surface area contributed by atoms with Crippen molar-refractivity contribution in [3.8, 4) is 6.07 Å². The fourth-order valence-electron chi connectivity index (χ4n) is 4.51. The highest BCUT2D eigenvalue weighted by atomic mass is 32.1. The summed E-state index contributed by atoms with van der Waals surface area (Å²) in [4.78, 5) is 27.6. The van der Waals surface area contributed by atoms with Gasteiger partial charge in [-0.2, -0.15) is 5.26 Å². The molecule has 0 amide bonds. The summed E-state index contributed by atoms with van der Waals surface area (Å²) in [7, 11) is 0. The third-order valence-electron chi connectivity index (χ3n) is 6.03. The van der Waals surface area contributed by atoms with Crippen LogP contribution in [0.2, 0.25) is 0 Å². The second-order valence-electron chi connectivity index (χ2n) is 8.11. The monoisotopic (exact) mass is 466 g/mol. The first-order valence-electron chi connectivity index (χ1n) is 10.9. The highest BCUT2D eigenvalue weighted by Gasteiger charge is 2.42. The van der Waals surface area contributed by atoms with Crippen molar-refractivity contribution in [3.63, 3.8) is 0 Å². The Morgan fingerprint density at radius 3 is 2.82 bits per heavy atom. The number of nitriles is 1. The smallest absolute Gasteiger partial charge is 0.296 e. The van der Waals surface area contributed by atoms with Crippen LogP contribution >= 0.6 is 11.3 Å². The lowest BCUT2D eigenvalue weighted by Gasteiger charge is -2.39. The molecule has 0 radical (unpaired) electrons. The number of thiophene rings is 1. The summed E-state index contributed by atoms with van der Waals surface area (Å²) in [5.74, 6) is -1.42. The summed E-state index contributed by atoms with van der Waals surface area (Å²) in [6.07, 6.45) is 4.40. The van der Waals surface area contributed by atoms with Crippen molar-refractivity contribution in [1.29, 1.82) is 5.26 Å². The van der Waals surface area contributed by atoms with Crippen molar-refractivity contribution in [2.24, 2.45) is 5.73 Å². The van der Waals surface area contributed by atoms with Gasteiger partial charge in [-0.05, 0) is 49.9 Å². The Morgan fingerprint density at radius 2 is 2.12 bits per heavy atom. The van der Waals surface area contributed by atoms with Gasteiger partial charge in [-0.25, -0.2) is 4.39 Å². The topological polar surface area (TPSA) is 113 Å². The largest absolute Gasteiger partial charge is 0.384 e. The van der Waals surface area contributed by atoms with Crippen molar-refractivity contribution in [3.05, 3.63) is 78.7 Å². The summed E-state index contributed by atoms with van der Waals surface area (Å²) in [6, 6.07) is 9.32. The molecule has 1 aromatic carbocycles. The van der Waals surface area contributed by atoms with E-state index < -0.39 is 22.3 Å². The average Bonchev–Trinajstić information content (AvgIpc) is 3.26. The van der Waals surface area contributed by atoms with E-state index in [9.17, 15) is 24.6 Å². The Labute approximate surface area is 194 Å². The van der Waals surface area contributed by atoms with Gasteiger partial charge in [0, 0.05) is 27.4 Å². The van der Waals surface area contributed by atoms with Crippen LogP contribution in [0.25, 0.3) is 0 Å². The molecular formula is C24H23FN4O3S. The average molecular weight is 467 g/mol. The number of rotatable bonds is 6. The first-order chi connectivity index (χ1) is 15.9. The van der Waals surface area contributed by atoms with E-state index in [4.69, 9.17) is 5.73 Å². The molecule has 9 heteroatoms. The Hall–Kier alpha value is -3.51. The van der Waals surface area contributed by atoms with Gasteiger partial charge in [0.05, 0.1) is 28.5 Å². The van der Waals surface area contributed by atoms with Crippen LogP contribution in [0.15, 0.2) is 53.0 Å². The van der Waals surface area contributed by atoms with Gasteiger partial charge in [-0.3, -0.25) is 19.8 Å². The van der Waals surface area contributed by atoms with Crippen molar-refractivity contribution >= 4 is 28.5 Å². The van der Waals surface area contributed by atoms with Gasteiger partial charge in [-0.15, -0.1) is 11.3 Å². The lowest BCUT2D eigenvalue weighted by Crippen LogP contribution is -2.38. The molecule has 0 bridgehead atoms. The van der Waals surface area contributed by atoms with E-state index in [1.54, 1.807) is 11.3 Å². The van der Waals surface area contributed by atoms with Crippen LogP contribution in [0, 0.1) is 27.3 Å². The van der Waals surface area contributed by atoms with E-state index in [0.717, 1.165) is 36.3 Å². The summed E-state index contributed by atoms with van der Waals surface area (Å²) in [5, 5.41) is 21.8. The molecule has 0 saturated heterocycles. The second kappa shape index (κ2) is 9.16. The molecule has 0 saturated carbocycles. The van der Waals surface area contributed by atoms with Crippen LogP contribution in [-0.2, 0) is 11.2 Å². The van der Waals surface area contributed by atoms with Gasteiger partial charge in [0.2, 0.25) is 0 Å². The first kappa shape index (κ1) is 22.7. The van der Waals surface area contributed by atoms with E-state index in [2.05, 4.69) is 13.0 Å². The minimum absolute atomic E-state index is 0.0363. The molecule has 4 rings (SSSR count). The molecule has 2 heterocycles. The van der Waals surface area contributed by atoms with Crippen LogP contribution in [0.4, 0.5) is 15.8 Å². The predicted molar refractivity (Wildman–Crippen MR) is 124 cm³/mol. The quantitative estimate of drug-likeness (QED) is 0.448. The zero-order valence-corrected chi connectivity index (χ0v) is 19.0. The van der Waals surface area contributed by atoms with Crippen molar-refractivity contribution < 1.29 is 14.1 Å². The van der Waals surface area contributed by atoms with Gasteiger partial charge >= 0.3 is 0 Å². The number of benzene rings is 1. The Morgan fingerprint density at radius 1 is 1.33 bits per heavy atom. The summed E-state index contributed by atoms with van der Waals surface area (Å²) in [5.41, 5.74) is 7.21. The van der Waals surface area contributed by atoms with Gasteiger partial charge in [-0.1, -0.05) is 13.3 Å². The molecule has 0 spiro atoms. The number of Topliss-reactive ketones (excluding diaryl/α,β-unsaturated/α-hetero) is 1. The molecule has 2 N–H and O–H groups in total. The van der Waals surface area contributed by atoms with E-state index in [1.165, 1.54) is 15.8 Å². The minimum atomic E-state index is -0.754. The maximum absolute atomic E-state index is 13.8. The molecule has 1 aromatic heterocycles. The number of hydrogen-bond acceptors (Lipinski definition) is 7. The number of carbonyl (C=O) groups is 1. The van der Waals surface area contributed by atoms with Gasteiger partial charge in [0.1, 0.15) is 17.3 Å². The second-order valence-corrected chi connectivity index (χ2v) is 9.31. The van der Waals surface area contributed by atoms with E-state index in [1.807, 2.05) is 12.1 Å². The zero-order valence-electron chi connectivity index (χ0n) is 18.1. The number of anilines is 1. The number of hydrogen-bond donors (Lipinski definition) is 1. The lowest BCUT2D eigenvalue weighted by atomic mass is 9.78. The molecular weight excluding hydrogens is 443 g/mol. The first-order valence-corrected chi connectivity index (χ1v) is 11.7. The highest BCUT2D eigenvalue weighted by Crippen LogP contribution is 2.49. The maximum atomic E-state index is 13.8. The molecule has 1 unspecified atom stereocenters. The van der Waals surface area contributed by atoms with E-state index >= 15 is 0 Å². The summed E-state index contributed by atoms with van der Waals surface area (Å²) >= 11 is 1.56. The maximum Gasteiger partial charge on any atom is 0.296 e. The van der Waals surface area contributed by atoms with Crippen molar-refractivity contribution in [2.75, 3.05) is 4.90 Å². The number of nitro groups is 1. The van der Waals surface area contributed by atoms with Crippen LogP contribution in [-0.4, -0.2) is 10.7 Å². The Balaban J connectivity index is 1.92. The Kier molecular flexibility index (Phi) is 6.29. The molecule has 2 aliphatic rings. The molecule has 1 atom stereocenters. The number of nitrogens with two attached hydrogens (primary N) is 1. The number of nitrogens with zero attached hydrogens (tertiary/aromatic N) is 3. The molecule has 0 fully saturated rings. The Bertz CT molecular complexity index is 1240. The fourth-order valence-corrected chi connectivity index (χ4v) is 5.69. The van der Waals surface area contributed by atoms with Crippen LogP contribution in [0.3, 0.4) is 0 Å². The number of allylic oxidation sites excluding steroid dienone is 3. The number of ketones is 1. The summed E-state index contributed by atoms with van der Waals surface area (Å²) in [6.45, 7) is 2.12. The minimum Gasteiger partial charge on any atom is -0.384 e. The number of nitro benzene ring substituents is 1. The molecule has 2 aromatic rings. The molecule has 1 aliphatic carbocycles. The third-order valence-corrected chi connectivity index (χ3v) is 7.24.